The second-order valence-corrected chi connectivity index (χ2v) is 8.42. The highest BCUT2D eigenvalue weighted by molar-refractivity contribution is 7.99. The lowest BCUT2D eigenvalue weighted by atomic mass is 9.89. The molecule has 0 aliphatic heterocycles. The molecule has 1 atom stereocenters. The van der Waals surface area contributed by atoms with Crippen LogP contribution in [0.2, 0.25) is 0 Å². The maximum absolute atomic E-state index is 12.6. The molecule has 0 saturated heterocycles. The maximum Gasteiger partial charge on any atom is 0.319 e. The molecular formula is C22H31N3OS2. The van der Waals surface area contributed by atoms with Crippen molar-refractivity contribution in [3.63, 3.8) is 0 Å². The first-order valence-electron chi connectivity index (χ1n) is 9.67. The molecule has 2 amide bonds. The van der Waals surface area contributed by atoms with Crippen molar-refractivity contribution in [1.29, 1.82) is 0 Å². The number of nitrogens with zero attached hydrogens (tertiary/aromatic N) is 1. The van der Waals surface area contributed by atoms with Gasteiger partial charge in [-0.3, -0.25) is 0 Å². The number of carbonyl (C=O) groups excluding carboxylic acids is 1. The zero-order valence-electron chi connectivity index (χ0n) is 17.7. The van der Waals surface area contributed by atoms with Gasteiger partial charge in [0.05, 0.1) is 5.69 Å². The summed E-state index contributed by atoms with van der Waals surface area (Å²) in [6.07, 6.45) is 6.00. The highest BCUT2D eigenvalue weighted by Gasteiger charge is 2.17. The molecule has 1 unspecified atom stereocenters. The SMILES string of the molecule is CCc1cccc(C(CC)CNC(=O)Nc2c(SC)cc(C)nc2SC)c1C. The van der Waals surface area contributed by atoms with Crippen molar-refractivity contribution < 1.29 is 4.79 Å². The lowest BCUT2D eigenvalue weighted by molar-refractivity contribution is 0.251. The van der Waals surface area contributed by atoms with E-state index in [1.807, 2.05) is 25.5 Å². The first-order valence-corrected chi connectivity index (χ1v) is 12.1. The molecule has 2 rings (SSSR count). The van der Waals surface area contributed by atoms with E-state index in [9.17, 15) is 4.79 Å². The minimum Gasteiger partial charge on any atom is -0.337 e. The number of aryl methyl sites for hydroxylation is 2. The quantitative estimate of drug-likeness (QED) is 0.516. The van der Waals surface area contributed by atoms with Crippen LogP contribution in [0.5, 0.6) is 0 Å². The Labute approximate surface area is 177 Å². The molecule has 2 aromatic rings. The van der Waals surface area contributed by atoms with Crippen molar-refractivity contribution in [2.45, 2.75) is 56.4 Å². The van der Waals surface area contributed by atoms with Crippen molar-refractivity contribution >= 4 is 35.2 Å². The van der Waals surface area contributed by atoms with Crippen molar-refractivity contribution in [3.05, 3.63) is 46.6 Å². The molecule has 0 radical (unpaired) electrons. The van der Waals surface area contributed by atoms with Gasteiger partial charge in [0.15, 0.2) is 0 Å². The van der Waals surface area contributed by atoms with Crippen LogP contribution in [0.4, 0.5) is 10.5 Å². The summed E-state index contributed by atoms with van der Waals surface area (Å²) >= 11 is 3.16. The lowest BCUT2D eigenvalue weighted by Crippen LogP contribution is -2.33. The highest BCUT2D eigenvalue weighted by atomic mass is 32.2. The topological polar surface area (TPSA) is 54.0 Å². The van der Waals surface area contributed by atoms with Gasteiger partial charge in [-0.25, -0.2) is 9.78 Å². The molecule has 6 heteroatoms. The Bertz CT molecular complexity index is 798. The zero-order valence-corrected chi connectivity index (χ0v) is 19.3. The smallest absolute Gasteiger partial charge is 0.319 e. The molecule has 2 N–H and O–H groups in total. The minimum atomic E-state index is -0.181. The Balaban J connectivity index is 2.12. The number of pyridine rings is 1. The average molecular weight is 418 g/mol. The fraction of sp³-hybridized carbons (Fsp3) is 0.455. The van der Waals surface area contributed by atoms with Crippen molar-refractivity contribution in [2.75, 3.05) is 24.4 Å². The summed E-state index contributed by atoms with van der Waals surface area (Å²) in [5.74, 6) is 0.299. The Morgan fingerprint density at radius 2 is 1.93 bits per heavy atom. The number of urea groups is 1. The van der Waals surface area contributed by atoms with E-state index in [0.29, 0.717) is 12.5 Å². The summed E-state index contributed by atoms with van der Waals surface area (Å²) in [5, 5.41) is 6.93. The van der Waals surface area contributed by atoms with E-state index in [1.165, 1.54) is 16.7 Å². The van der Waals surface area contributed by atoms with E-state index in [0.717, 1.165) is 34.1 Å². The number of hydrogen-bond donors (Lipinski definition) is 2. The molecule has 1 aromatic carbocycles. The standard InChI is InChI=1S/C22H31N3OS2/c1-7-16-10-9-11-18(15(16)4)17(8-2)13-23-22(26)25-20-19(27-5)12-14(3)24-21(20)28-6/h9-12,17H,7-8,13H2,1-6H3,(H2,23,25,26). The van der Waals surface area contributed by atoms with Gasteiger partial charge in [0, 0.05) is 23.1 Å². The molecule has 0 saturated carbocycles. The van der Waals surface area contributed by atoms with Gasteiger partial charge < -0.3 is 10.6 Å². The predicted octanol–water partition coefficient (Wildman–Crippen LogP) is 6.02. The van der Waals surface area contributed by atoms with Crippen LogP contribution in [0.25, 0.3) is 0 Å². The van der Waals surface area contributed by atoms with Crippen LogP contribution >= 0.6 is 23.5 Å². The van der Waals surface area contributed by atoms with Gasteiger partial charge in [-0.15, -0.1) is 23.5 Å². The van der Waals surface area contributed by atoms with Gasteiger partial charge in [0.1, 0.15) is 5.03 Å². The van der Waals surface area contributed by atoms with E-state index >= 15 is 0 Å². The zero-order chi connectivity index (χ0) is 20.7. The molecule has 1 heterocycles. The van der Waals surface area contributed by atoms with Crippen LogP contribution in [0, 0.1) is 13.8 Å². The molecule has 1 aromatic heterocycles. The summed E-state index contributed by atoms with van der Waals surface area (Å²) in [4.78, 5) is 18.2. The number of hydrogen-bond acceptors (Lipinski definition) is 4. The number of thioether (sulfide) groups is 2. The normalized spacial score (nSPS) is 11.9. The second kappa shape index (κ2) is 10.8. The fourth-order valence-corrected chi connectivity index (χ4v) is 4.72. The van der Waals surface area contributed by atoms with E-state index in [4.69, 9.17) is 0 Å². The first kappa shape index (κ1) is 22.6. The third-order valence-electron chi connectivity index (χ3n) is 5.04. The molecule has 28 heavy (non-hydrogen) atoms. The number of carbonyl (C=O) groups is 1. The lowest BCUT2D eigenvalue weighted by Gasteiger charge is -2.21. The van der Waals surface area contributed by atoms with Crippen LogP contribution in [0.1, 0.15) is 48.6 Å². The fourth-order valence-electron chi connectivity index (χ4n) is 3.42. The molecular weight excluding hydrogens is 386 g/mol. The highest BCUT2D eigenvalue weighted by Crippen LogP contribution is 2.33. The van der Waals surface area contributed by atoms with Crippen molar-refractivity contribution in [3.8, 4) is 0 Å². The first-order chi connectivity index (χ1) is 13.4. The number of amides is 2. The summed E-state index contributed by atoms with van der Waals surface area (Å²) in [6, 6.07) is 8.32. The number of aromatic nitrogens is 1. The molecule has 0 bridgehead atoms. The predicted molar refractivity (Wildman–Crippen MR) is 123 cm³/mol. The van der Waals surface area contributed by atoms with E-state index in [2.05, 4.69) is 54.6 Å². The van der Waals surface area contributed by atoms with Gasteiger partial charge in [0.25, 0.3) is 0 Å². The maximum atomic E-state index is 12.6. The second-order valence-electron chi connectivity index (χ2n) is 6.78. The number of benzene rings is 1. The van der Waals surface area contributed by atoms with E-state index < -0.39 is 0 Å². The van der Waals surface area contributed by atoms with Crippen molar-refractivity contribution in [2.24, 2.45) is 0 Å². The molecule has 0 aliphatic carbocycles. The minimum absolute atomic E-state index is 0.181. The molecule has 0 spiro atoms. The Morgan fingerprint density at radius 1 is 1.18 bits per heavy atom. The Kier molecular flexibility index (Phi) is 8.70. The van der Waals surface area contributed by atoms with Crippen LogP contribution in [0.15, 0.2) is 34.2 Å². The third-order valence-corrected chi connectivity index (χ3v) is 6.48. The molecule has 0 fully saturated rings. The van der Waals surface area contributed by atoms with Gasteiger partial charge in [-0.2, -0.15) is 0 Å². The van der Waals surface area contributed by atoms with Crippen LogP contribution in [-0.2, 0) is 6.42 Å². The van der Waals surface area contributed by atoms with Crippen LogP contribution in [0.3, 0.4) is 0 Å². The molecule has 152 valence electrons. The van der Waals surface area contributed by atoms with Gasteiger partial charge in [-0.1, -0.05) is 32.0 Å². The largest absolute Gasteiger partial charge is 0.337 e. The third kappa shape index (κ3) is 5.45. The Hall–Kier alpha value is -1.66. The van der Waals surface area contributed by atoms with E-state index in [1.54, 1.807) is 23.5 Å². The van der Waals surface area contributed by atoms with Gasteiger partial charge in [-0.05, 0) is 62.0 Å². The van der Waals surface area contributed by atoms with Crippen molar-refractivity contribution in [1.82, 2.24) is 10.3 Å². The monoisotopic (exact) mass is 417 g/mol. The van der Waals surface area contributed by atoms with Crippen LogP contribution in [-0.4, -0.2) is 30.1 Å². The molecule has 4 nitrogen and oxygen atoms in total. The summed E-state index contributed by atoms with van der Waals surface area (Å²) in [6.45, 7) is 9.12. The molecule has 0 aliphatic rings. The summed E-state index contributed by atoms with van der Waals surface area (Å²) < 4.78 is 0. The number of anilines is 1. The van der Waals surface area contributed by atoms with E-state index in [-0.39, 0.29) is 6.03 Å². The Morgan fingerprint density at radius 3 is 2.54 bits per heavy atom. The summed E-state index contributed by atoms with van der Waals surface area (Å²) in [7, 11) is 0. The summed E-state index contributed by atoms with van der Waals surface area (Å²) in [5.41, 5.74) is 5.79. The van der Waals surface area contributed by atoms with Crippen LogP contribution < -0.4 is 10.6 Å². The van der Waals surface area contributed by atoms with Gasteiger partial charge in [0.2, 0.25) is 0 Å². The van der Waals surface area contributed by atoms with Gasteiger partial charge >= 0.3 is 6.03 Å². The number of rotatable bonds is 8. The average Bonchev–Trinajstić information content (AvgIpc) is 2.70. The number of nitrogens with one attached hydrogen (secondary N) is 2.